The minimum atomic E-state index is -4.55. The first-order chi connectivity index (χ1) is 5.37. The lowest BCUT2D eigenvalue weighted by Crippen LogP contribution is -2.44. The van der Waals surface area contributed by atoms with Crippen LogP contribution in [0, 0.1) is 6.92 Å². The van der Waals surface area contributed by atoms with Crippen LogP contribution in [0.1, 0.15) is 32.6 Å². The molecular formula is C8H14F3O. The van der Waals surface area contributed by atoms with Crippen LogP contribution in [-0.2, 0) is 0 Å². The van der Waals surface area contributed by atoms with Gasteiger partial charge in [0.05, 0.1) is 0 Å². The highest BCUT2D eigenvalue weighted by Crippen LogP contribution is 2.36. The van der Waals surface area contributed by atoms with Crippen molar-refractivity contribution in [3.8, 4) is 0 Å². The molecule has 0 saturated carbocycles. The molecule has 1 N–H and O–H groups in total. The molecule has 0 spiro atoms. The lowest BCUT2D eigenvalue weighted by atomic mass is 9.93. The maximum absolute atomic E-state index is 12.1. The van der Waals surface area contributed by atoms with Crippen LogP contribution in [0.15, 0.2) is 0 Å². The zero-order valence-electron chi connectivity index (χ0n) is 7.12. The summed E-state index contributed by atoms with van der Waals surface area (Å²) in [5.41, 5.74) is -2.58. The van der Waals surface area contributed by atoms with E-state index in [-0.39, 0.29) is 6.42 Å². The summed E-state index contributed by atoms with van der Waals surface area (Å²) in [5, 5.41) is 9.10. The number of rotatable bonds is 4. The highest BCUT2D eigenvalue weighted by atomic mass is 19.4. The van der Waals surface area contributed by atoms with Crippen LogP contribution in [0.5, 0.6) is 0 Å². The summed E-state index contributed by atoms with van der Waals surface area (Å²) < 4.78 is 36.4. The Morgan fingerprint density at radius 3 is 2.08 bits per heavy atom. The molecule has 0 aliphatic heterocycles. The van der Waals surface area contributed by atoms with E-state index in [2.05, 4.69) is 6.92 Å². The Hall–Kier alpha value is -0.250. The van der Waals surface area contributed by atoms with E-state index in [9.17, 15) is 13.2 Å². The fourth-order valence-corrected chi connectivity index (χ4v) is 0.878. The Kier molecular flexibility index (Phi) is 4.03. The predicted octanol–water partition coefficient (Wildman–Crippen LogP) is 2.69. The second-order valence-corrected chi connectivity index (χ2v) is 2.88. The Morgan fingerprint density at radius 1 is 1.33 bits per heavy atom. The number of hydrogen-bond donors (Lipinski definition) is 1. The molecule has 12 heavy (non-hydrogen) atoms. The van der Waals surface area contributed by atoms with Crippen molar-refractivity contribution >= 4 is 0 Å². The van der Waals surface area contributed by atoms with Crippen LogP contribution < -0.4 is 0 Å². The topological polar surface area (TPSA) is 20.2 Å². The van der Waals surface area contributed by atoms with Crippen molar-refractivity contribution in [2.75, 3.05) is 0 Å². The molecule has 0 aromatic carbocycles. The third-order valence-corrected chi connectivity index (χ3v) is 1.89. The van der Waals surface area contributed by atoms with Gasteiger partial charge in [0, 0.05) is 0 Å². The summed E-state index contributed by atoms with van der Waals surface area (Å²) in [6.45, 7) is 4.88. The Labute approximate surface area is 70.6 Å². The molecular weight excluding hydrogens is 169 g/mol. The lowest BCUT2D eigenvalue weighted by Gasteiger charge is -2.29. The van der Waals surface area contributed by atoms with E-state index in [4.69, 9.17) is 5.11 Å². The van der Waals surface area contributed by atoms with E-state index >= 15 is 0 Å². The molecule has 1 atom stereocenters. The summed E-state index contributed by atoms with van der Waals surface area (Å²) in [6, 6.07) is 0. The van der Waals surface area contributed by atoms with E-state index < -0.39 is 18.2 Å². The molecule has 73 valence electrons. The normalized spacial score (nSPS) is 17.5. The highest BCUT2D eigenvalue weighted by molar-refractivity contribution is 4.86. The molecule has 0 rings (SSSR count). The van der Waals surface area contributed by atoms with E-state index in [0.717, 1.165) is 0 Å². The molecule has 0 bridgehead atoms. The van der Waals surface area contributed by atoms with Gasteiger partial charge in [0.15, 0.2) is 5.60 Å². The maximum atomic E-state index is 12.1. The minimum absolute atomic E-state index is 0.253. The van der Waals surface area contributed by atoms with E-state index in [0.29, 0.717) is 12.8 Å². The summed E-state index contributed by atoms with van der Waals surface area (Å²) >= 11 is 0. The Morgan fingerprint density at radius 2 is 1.83 bits per heavy atom. The molecule has 1 nitrogen and oxygen atoms in total. The first-order valence-corrected chi connectivity index (χ1v) is 3.95. The third-order valence-electron chi connectivity index (χ3n) is 1.89. The van der Waals surface area contributed by atoms with Crippen molar-refractivity contribution < 1.29 is 18.3 Å². The maximum Gasteiger partial charge on any atom is 0.417 e. The van der Waals surface area contributed by atoms with Crippen molar-refractivity contribution in [2.24, 2.45) is 0 Å². The number of alkyl halides is 3. The highest BCUT2D eigenvalue weighted by Gasteiger charge is 2.51. The minimum Gasteiger partial charge on any atom is -0.380 e. The van der Waals surface area contributed by atoms with Crippen LogP contribution in [0.25, 0.3) is 0 Å². The second-order valence-electron chi connectivity index (χ2n) is 2.88. The van der Waals surface area contributed by atoms with Crippen molar-refractivity contribution in [3.63, 3.8) is 0 Å². The first-order valence-electron chi connectivity index (χ1n) is 3.95. The summed E-state index contributed by atoms with van der Waals surface area (Å²) in [5.74, 6) is 0. The summed E-state index contributed by atoms with van der Waals surface area (Å²) in [4.78, 5) is 0. The van der Waals surface area contributed by atoms with Crippen molar-refractivity contribution in [1.29, 1.82) is 0 Å². The van der Waals surface area contributed by atoms with Gasteiger partial charge in [0.1, 0.15) is 0 Å². The van der Waals surface area contributed by atoms with Gasteiger partial charge in [-0.25, -0.2) is 0 Å². The molecule has 4 heteroatoms. The largest absolute Gasteiger partial charge is 0.417 e. The van der Waals surface area contributed by atoms with Gasteiger partial charge in [-0.05, 0) is 12.8 Å². The molecule has 0 aromatic heterocycles. The van der Waals surface area contributed by atoms with Crippen molar-refractivity contribution in [1.82, 2.24) is 0 Å². The molecule has 1 radical (unpaired) electrons. The average Bonchev–Trinajstić information content (AvgIpc) is 1.98. The number of halogens is 3. The quantitative estimate of drug-likeness (QED) is 0.710. The fraction of sp³-hybridized carbons (Fsp3) is 0.875. The zero-order valence-corrected chi connectivity index (χ0v) is 7.12. The SMILES string of the molecule is [CH2]CC(O)(CCCC)C(F)(F)F. The Balaban J connectivity index is 4.24. The van der Waals surface area contributed by atoms with Crippen LogP contribution in [0.4, 0.5) is 13.2 Å². The van der Waals surface area contributed by atoms with Gasteiger partial charge in [-0.1, -0.05) is 26.7 Å². The van der Waals surface area contributed by atoms with E-state index in [1.807, 2.05) is 0 Å². The molecule has 0 amide bonds. The second kappa shape index (κ2) is 4.12. The molecule has 0 aliphatic rings. The van der Waals surface area contributed by atoms with Crippen LogP contribution in [0.3, 0.4) is 0 Å². The van der Waals surface area contributed by atoms with Crippen LogP contribution in [-0.4, -0.2) is 16.9 Å². The van der Waals surface area contributed by atoms with Gasteiger partial charge in [0.25, 0.3) is 0 Å². The molecule has 1 unspecified atom stereocenters. The third kappa shape index (κ3) is 2.66. The number of unbranched alkanes of at least 4 members (excludes halogenated alkanes) is 1. The first kappa shape index (κ1) is 11.8. The monoisotopic (exact) mass is 183 g/mol. The average molecular weight is 183 g/mol. The molecule has 0 fully saturated rings. The predicted molar refractivity (Wildman–Crippen MR) is 40.5 cm³/mol. The van der Waals surface area contributed by atoms with Gasteiger partial charge in [-0.3, -0.25) is 0 Å². The van der Waals surface area contributed by atoms with Gasteiger partial charge in [-0.2, -0.15) is 13.2 Å². The fourth-order valence-electron chi connectivity index (χ4n) is 0.878. The summed E-state index contributed by atoms with van der Waals surface area (Å²) in [6.07, 6.45) is -4.32. The molecule has 0 heterocycles. The molecule has 0 saturated heterocycles. The van der Waals surface area contributed by atoms with Gasteiger partial charge in [0.2, 0.25) is 0 Å². The number of hydrogen-bond acceptors (Lipinski definition) is 1. The number of aliphatic hydroxyl groups is 1. The van der Waals surface area contributed by atoms with Crippen molar-refractivity contribution in [2.45, 2.75) is 44.4 Å². The standard InChI is InChI=1S/C8H14F3O/c1-3-5-6-7(12,4-2)8(9,10)11/h12H,2-6H2,1H3. The van der Waals surface area contributed by atoms with Gasteiger partial charge in [-0.15, -0.1) is 0 Å². The van der Waals surface area contributed by atoms with E-state index in [1.165, 1.54) is 0 Å². The smallest absolute Gasteiger partial charge is 0.380 e. The zero-order chi connectivity index (χ0) is 9.83. The van der Waals surface area contributed by atoms with Crippen LogP contribution >= 0.6 is 0 Å². The summed E-state index contributed by atoms with van der Waals surface area (Å²) in [7, 11) is 0. The lowest BCUT2D eigenvalue weighted by molar-refractivity contribution is -0.261. The molecule has 0 aliphatic carbocycles. The van der Waals surface area contributed by atoms with Gasteiger partial charge < -0.3 is 5.11 Å². The molecule has 0 aromatic rings. The van der Waals surface area contributed by atoms with E-state index in [1.54, 1.807) is 6.92 Å². The Bertz CT molecular complexity index is 133. The van der Waals surface area contributed by atoms with Crippen molar-refractivity contribution in [3.05, 3.63) is 6.92 Å². The van der Waals surface area contributed by atoms with Crippen LogP contribution in [0.2, 0.25) is 0 Å². The van der Waals surface area contributed by atoms with Gasteiger partial charge >= 0.3 is 6.18 Å².